The van der Waals surface area contributed by atoms with E-state index in [4.69, 9.17) is 4.74 Å². The molecule has 0 saturated carbocycles. The van der Waals surface area contributed by atoms with E-state index in [0.29, 0.717) is 25.3 Å². The zero-order chi connectivity index (χ0) is 25.3. The fourth-order valence-electron chi connectivity index (χ4n) is 4.31. The highest BCUT2D eigenvalue weighted by molar-refractivity contribution is 6.14. The van der Waals surface area contributed by atoms with E-state index >= 15 is 0 Å². The number of amides is 1. The Morgan fingerprint density at radius 1 is 1.00 bits per heavy atom. The van der Waals surface area contributed by atoms with Gasteiger partial charge in [-0.15, -0.1) is 0 Å². The van der Waals surface area contributed by atoms with Crippen LogP contribution >= 0.6 is 0 Å². The van der Waals surface area contributed by atoms with Gasteiger partial charge in [0.2, 0.25) is 0 Å². The summed E-state index contributed by atoms with van der Waals surface area (Å²) in [4.78, 5) is 28.1. The van der Waals surface area contributed by atoms with Crippen LogP contribution in [-0.2, 0) is 16.0 Å². The molecule has 1 aliphatic rings. The number of aliphatic hydroxyl groups excluding tert-OH is 1. The van der Waals surface area contributed by atoms with Crippen LogP contribution in [0.3, 0.4) is 0 Å². The molecule has 36 heavy (non-hydrogen) atoms. The van der Waals surface area contributed by atoms with Crippen LogP contribution < -0.4 is 4.74 Å². The molecule has 0 bridgehead atoms. The number of ketones is 1. The number of unbranched alkanes of at least 4 members (excludes halogenated alkanes) is 1. The van der Waals surface area contributed by atoms with Crippen molar-refractivity contribution in [1.82, 2.24) is 4.90 Å². The zero-order valence-electron chi connectivity index (χ0n) is 20.5. The maximum Gasteiger partial charge on any atom is 0.290 e. The second-order valence-electron chi connectivity index (χ2n) is 8.78. The Hall–Kier alpha value is -4.12. The summed E-state index contributed by atoms with van der Waals surface area (Å²) in [6.45, 7) is 3.05. The lowest BCUT2D eigenvalue weighted by Gasteiger charge is -2.27. The molecule has 0 spiro atoms. The Labute approximate surface area is 212 Å². The molecule has 1 amide bonds. The molecule has 1 atom stereocenters. The number of aliphatic hydroxyl groups is 1. The molecular formula is C31H31NO4. The fourth-order valence-corrected chi connectivity index (χ4v) is 4.31. The molecule has 3 aromatic rings. The molecule has 1 heterocycles. The van der Waals surface area contributed by atoms with E-state index in [9.17, 15) is 14.7 Å². The summed E-state index contributed by atoms with van der Waals surface area (Å²) in [6, 6.07) is 26.0. The molecule has 4 rings (SSSR count). The van der Waals surface area contributed by atoms with Gasteiger partial charge in [0.25, 0.3) is 5.91 Å². The van der Waals surface area contributed by atoms with E-state index in [2.05, 4.69) is 6.92 Å². The quantitative estimate of drug-likeness (QED) is 0.266. The van der Waals surface area contributed by atoms with Crippen LogP contribution in [0.2, 0.25) is 0 Å². The van der Waals surface area contributed by atoms with Gasteiger partial charge in [-0.05, 0) is 47.7 Å². The van der Waals surface area contributed by atoms with Crippen LogP contribution in [-0.4, -0.2) is 34.8 Å². The van der Waals surface area contributed by atoms with Crippen LogP contribution in [0.5, 0.6) is 5.75 Å². The van der Waals surface area contributed by atoms with Crippen molar-refractivity contribution in [3.05, 3.63) is 119 Å². The molecule has 1 unspecified atom stereocenters. The monoisotopic (exact) mass is 481 g/mol. The Bertz CT molecular complexity index is 1250. The second kappa shape index (κ2) is 12.0. The molecule has 0 fully saturated rings. The van der Waals surface area contributed by atoms with Crippen LogP contribution in [0.25, 0.3) is 6.08 Å². The van der Waals surface area contributed by atoms with Gasteiger partial charge in [0.05, 0.1) is 18.2 Å². The molecule has 0 radical (unpaired) electrons. The van der Waals surface area contributed by atoms with Crippen LogP contribution in [0, 0.1) is 0 Å². The third-order valence-electron chi connectivity index (χ3n) is 6.22. The fraction of sp³-hybridized carbons (Fsp3) is 0.226. The van der Waals surface area contributed by atoms with Crippen molar-refractivity contribution in [3.63, 3.8) is 0 Å². The van der Waals surface area contributed by atoms with Crippen molar-refractivity contribution in [1.29, 1.82) is 0 Å². The van der Waals surface area contributed by atoms with E-state index < -0.39 is 23.5 Å². The highest BCUT2D eigenvalue weighted by atomic mass is 16.5. The molecular weight excluding hydrogens is 450 g/mol. The van der Waals surface area contributed by atoms with Crippen molar-refractivity contribution in [3.8, 4) is 5.75 Å². The lowest BCUT2D eigenvalue weighted by Crippen LogP contribution is -2.33. The number of allylic oxidation sites excluding steroid dienone is 1. The summed E-state index contributed by atoms with van der Waals surface area (Å²) in [6.07, 6.45) is 5.67. The minimum absolute atomic E-state index is 0.0888. The molecule has 5 nitrogen and oxygen atoms in total. The first kappa shape index (κ1) is 25.0. The smallest absolute Gasteiger partial charge is 0.290 e. The van der Waals surface area contributed by atoms with E-state index in [0.717, 1.165) is 29.5 Å². The van der Waals surface area contributed by atoms with Gasteiger partial charge in [0.15, 0.2) is 11.5 Å². The largest absolute Gasteiger partial charge is 0.503 e. The summed E-state index contributed by atoms with van der Waals surface area (Å²) in [5.74, 6) is -0.749. The number of ether oxygens (including phenoxy) is 1. The van der Waals surface area contributed by atoms with Gasteiger partial charge >= 0.3 is 0 Å². The molecule has 184 valence electrons. The van der Waals surface area contributed by atoms with E-state index in [1.54, 1.807) is 11.0 Å². The minimum Gasteiger partial charge on any atom is -0.503 e. The highest BCUT2D eigenvalue weighted by Gasteiger charge is 2.42. The second-order valence-corrected chi connectivity index (χ2v) is 8.78. The highest BCUT2D eigenvalue weighted by Crippen LogP contribution is 2.39. The Kier molecular flexibility index (Phi) is 8.35. The van der Waals surface area contributed by atoms with Crippen molar-refractivity contribution in [2.75, 3.05) is 13.2 Å². The van der Waals surface area contributed by atoms with Gasteiger partial charge in [0, 0.05) is 6.54 Å². The molecule has 1 N–H and O–H groups in total. The predicted molar refractivity (Wildman–Crippen MR) is 142 cm³/mol. The average Bonchev–Trinajstić information content (AvgIpc) is 3.17. The first-order chi connectivity index (χ1) is 17.6. The van der Waals surface area contributed by atoms with Crippen LogP contribution in [0.15, 0.2) is 102 Å². The van der Waals surface area contributed by atoms with Crippen LogP contribution in [0.1, 0.15) is 42.5 Å². The summed E-state index contributed by atoms with van der Waals surface area (Å²) < 4.78 is 5.88. The van der Waals surface area contributed by atoms with Crippen LogP contribution in [0.4, 0.5) is 0 Å². The summed E-state index contributed by atoms with van der Waals surface area (Å²) in [7, 11) is 0. The van der Waals surface area contributed by atoms with Crippen molar-refractivity contribution in [2.45, 2.75) is 32.2 Å². The van der Waals surface area contributed by atoms with Gasteiger partial charge in [-0.1, -0.05) is 92.2 Å². The number of carbonyl (C=O) groups excluding carboxylic acids is 2. The number of hydrogen-bond donors (Lipinski definition) is 1. The average molecular weight is 482 g/mol. The number of nitrogens with zero attached hydrogens (tertiary/aromatic N) is 1. The zero-order valence-corrected chi connectivity index (χ0v) is 20.5. The topological polar surface area (TPSA) is 66.8 Å². The Morgan fingerprint density at radius 2 is 1.72 bits per heavy atom. The van der Waals surface area contributed by atoms with E-state index in [1.807, 2.05) is 84.9 Å². The Morgan fingerprint density at radius 3 is 2.44 bits per heavy atom. The first-order valence-electron chi connectivity index (χ1n) is 12.4. The number of benzene rings is 3. The van der Waals surface area contributed by atoms with Crippen molar-refractivity contribution < 1.29 is 19.4 Å². The summed E-state index contributed by atoms with van der Waals surface area (Å²) >= 11 is 0. The Balaban J connectivity index is 1.66. The number of hydrogen-bond acceptors (Lipinski definition) is 4. The van der Waals surface area contributed by atoms with Gasteiger partial charge in [-0.3, -0.25) is 9.59 Å². The molecule has 3 aromatic carbocycles. The number of carbonyl (C=O) groups is 2. The lowest BCUT2D eigenvalue weighted by atomic mass is 9.95. The SMILES string of the molecule is CCCCOc1cccc(C2C(C(=O)C=Cc3ccccc3)=C(O)C(=O)N2CCc2ccccc2)c1. The minimum atomic E-state index is -0.705. The maximum absolute atomic E-state index is 13.4. The third kappa shape index (κ3) is 5.92. The molecule has 0 aromatic heterocycles. The molecule has 0 aliphatic carbocycles. The lowest BCUT2D eigenvalue weighted by molar-refractivity contribution is -0.129. The maximum atomic E-state index is 13.4. The molecule has 5 heteroatoms. The number of rotatable bonds is 11. The third-order valence-corrected chi connectivity index (χ3v) is 6.22. The normalized spacial score (nSPS) is 15.6. The van der Waals surface area contributed by atoms with Gasteiger partial charge in [-0.2, -0.15) is 0 Å². The summed E-state index contributed by atoms with van der Waals surface area (Å²) in [5.41, 5.74) is 2.75. The standard InChI is InChI=1S/C31H31NO4/c1-2-3-21-36-26-16-10-15-25(22-26)29-28(27(33)18-17-23-11-6-4-7-12-23)30(34)31(35)32(29)20-19-24-13-8-5-9-14-24/h4-18,22,29,34H,2-3,19-21H2,1H3. The molecule has 0 saturated heterocycles. The van der Waals surface area contributed by atoms with E-state index in [1.165, 1.54) is 6.08 Å². The van der Waals surface area contributed by atoms with E-state index in [-0.39, 0.29) is 5.57 Å². The molecule has 1 aliphatic heterocycles. The van der Waals surface area contributed by atoms with Gasteiger partial charge in [-0.25, -0.2) is 0 Å². The van der Waals surface area contributed by atoms with Crippen molar-refractivity contribution in [2.24, 2.45) is 0 Å². The van der Waals surface area contributed by atoms with Gasteiger partial charge < -0.3 is 14.7 Å². The summed E-state index contributed by atoms with van der Waals surface area (Å²) in [5, 5.41) is 10.9. The van der Waals surface area contributed by atoms with Crippen molar-refractivity contribution >= 4 is 17.8 Å². The van der Waals surface area contributed by atoms with Gasteiger partial charge in [0.1, 0.15) is 5.75 Å². The first-order valence-corrected chi connectivity index (χ1v) is 12.4. The predicted octanol–water partition coefficient (Wildman–Crippen LogP) is 6.09.